The van der Waals surface area contributed by atoms with Gasteiger partial charge >= 0.3 is 0 Å². The molecule has 0 radical (unpaired) electrons. The van der Waals surface area contributed by atoms with Crippen LogP contribution in [0.3, 0.4) is 0 Å². The van der Waals surface area contributed by atoms with Gasteiger partial charge in [0.15, 0.2) is 0 Å². The second-order valence-electron chi connectivity index (χ2n) is 7.02. The van der Waals surface area contributed by atoms with Crippen LogP contribution in [0, 0.1) is 5.41 Å². The van der Waals surface area contributed by atoms with Crippen molar-refractivity contribution in [1.29, 1.82) is 0 Å². The molecule has 3 fully saturated rings. The fraction of sp³-hybridized carbons (Fsp3) is 1.00. The summed E-state index contributed by atoms with van der Waals surface area (Å²) >= 11 is 0. The van der Waals surface area contributed by atoms with Crippen molar-refractivity contribution in [3.8, 4) is 0 Å². The molecule has 1 saturated carbocycles. The highest BCUT2D eigenvalue weighted by Gasteiger charge is 2.35. The first kappa shape index (κ1) is 14.8. The number of aliphatic hydroxyl groups is 1. The minimum Gasteiger partial charge on any atom is -0.396 e. The maximum atomic E-state index is 9.80. The SMILES string of the molecule is OCC1(CN2CCN(C3CCCC3)CC2)CCOCC1. The van der Waals surface area contributed by atoms with Gasteiger partial charge in [0.25, 0.3) is 0 Å². The molecule has 2 saturated heterocycles. The molecule has 4 nitrogen and oxygen atoms in total. The molecule has 20 heavy (non-hydrogen) atoms. The number of hydrogen-bond acceptors (Lipinski definition) is 4. The van der Waals surface area contributed by atoms with Crippen LogP contribution in [0.1, 0.15) is 38.5 Å². The predicted octanol–water partition coefficient (Wildman–Crippen LogP) is 1.34. The Balaban J connectivity index is 1.47. The molecule has 116 valence electrons. The molecule has 4 heteroatoms. The Bertz CT molecular complexity index is 291. The normalized spacial score (nSPS) is 29.9. The number of hydrogen-bond donors (Lipinski definition) is 1. The van der Waals surface area contributed by atoms with Crippen LogP contribution in [-0.4, -0.2) is 73.5 Å². The summed E-state index contributed by atoms with van der Waals surface area (Å²) in [6.45, 7) is 7.83. The van der Waals surface area contributed by atoms with Crippen LogP contribution in [0.4, 0.5) is 0 Å². The van der Waals surface area contributed by atoms with Gasteiger partial charge in [0.1, 0.15) is 0 Å². The number of rotatable bonds is 4. The van der Waals surface area contributed by atoms with Crippen LogP contribution >= 0.6 is 0 Å². The fourth-order valence-electron chi connectivity index (χ4n) is 4.20. The predicted molar refractivity (Wildman–Crippen MR) is 79.8 cm³/mol. The van der Waals surface area contributed by atoms with Gasteiger partial charge in [0.2, 0.25) is 0 Å². The van der Waals surface area contributed by atoms with Crippen molar-refractivity contribution < 1.29 is 9.84 Å². The first-order valence-corrected chi connectivity index (χ1v) is 8.46. The number of nitrogens with zero attached hydrogens (tertiary/aromatic N) is 2. The molecule has 0 spiro atoms. The quantitative estimate of drug-likeness (QED) is 0.844. The van der Waals surface area contributed by atoms with E-state index in [0.717, 1.165) is 38.6 Å². The smallest absolute Gasteiger partial charge is 0.0501 e. The van der Waals surface area contributed by atoms with Crippen LogP contribution in [0.5, 0.6) is 0 Å². The molecular weight excluding hydrogens is 252 g/mol. The molecule has 1 N–H and O–H groups in total. The van der Waals surface area contributed by atoms with Crippen molar-refractivity contribution in [3.05, 3.63) is 0 Å². The van der Waals surface area contributed by atoms with E-state index in [0.29, 0.717) is 6.61 Å². The van der Waals surface area contributed by atoms with Crippen molar-refractivity contribution in [2.45, 2.75) is 44.6 Å². The van der Waals surface area contributed by atoms with Crippen LogP contribution in [0.2, 0.25) is 0 Å². The summed E-state index contributed by atoms with van der Waals surface area (Å²) in [5.41, 5.74) is 0.105. The summed E-state index contributed by atoms with van der Waals surface area (Å²) in [5.74, 6) is 0. The minimum atomic E-state index is 0.105. The molecule has 0 bridgehead atoms. The van der Waals surface area contributed by atoms with E-state index in [-0.39, 0.29) is 5.41 Å². The van der Waals surface area contributed by atoms with Gasteiger partial charge in [0, 0.05) is 57.4 Å². The maximum absolute atomic E-state index is 9.80. The van der Waals surface area contributed by atoms with E-state index in [1.807, 2.05) is 0 Å². The second-order valence-corrected chi connectivity index (χ2v) is 7.02. The zero-order valence-corrected chi connectivity index (χ0v) is 12.7. The first-order valence-electron chi connectivity index (χ1n) is 8.46. The summed E-state index contributed by atoms with van der Waals surface area (Å²) < 4.78 is 5.46. The molecule has 3 aliphatic rings. The van der Waals surface area contributed by atoms with E-state index < -0.39 is 0 Å². The summed E-state index contributed by atoms with van der Waals surface area (Å²) in [6.07, 6.45) is 7.73. The van der Waals surface area contributed by atoms with E-state index in [2.05, 4.69) is 9.80 Å². The molecule has 2 heterocycles. The van der Waals surface area contributed by atoms with Crippen molar-refractivity contribution in [2.75, 3.05) is 52.5 Å². The largest absolute Gasteiger partial charge is 0.396 e. The fourth-order valence-corrected chi connectivity index (χ4v) is 4.20. The van der Waals surface area contributed by atoms with Crippen molar-refractivity contribution >= 4 is 0 Å². The highest BCUT2D eigenvalue weighted by atomic mass is 16.5. The monoisotopic (exact) mass is 282 g/mol. The van der Waals surface area contributed by atoms with E-state index in [4.69, 9.17) is 4.74 Å². The Hall–Kier alpha value is -0.160. The number of aliphatic hydroxyl groups excluding tert-OH is 1. The highest BCUT2D eigenvalue weighted by molar-refractivity contribution is 4.88. The Kier molecular flexibility index (Phi) is 4.97. The lowest BCUT2D eigenvalue weighted by atomic mass is 9.80. The van der Waals surface area contributed by atoms with Crippen LogP contribution in [0.25, 0.3) is 0 Å². The van der Waals surface area contributed by atoms with Crippen molar-refractivity contribution in [2.24, 2.45) is 5.41 Å². The van der Waals surface area contributed by atoms with Crippen LogP contribution in [0.15, 0.2) is 0 Å². The minimum absolute atomic E-state index is 0.105. The molecule has 0 aromatic heterocycles. The van der Waals surface area contributed by atoms with Gasteiger partial charge in [0.05, 0.1) is 6.61 Å². The lowest BCUT2D eigenvalue weighted by Crippen LogP contribution is -2.53. The van der Waals surface area contributed by atoms with E-state index in [9.17, 15) is 5.11 Å². The van der Waals surface area contributed by atoms with E-state index in [1.54, 1.807) is 0 Å². The third kappa shape index (κ3) is 3.35. The average Bonchev–Trinajstić information content (AvgIpc) is 3.03. The molecule has 0 amide bonds. The van der Waals surface area contributed by atoms with Crippen LogP contribution < -0.4 is 0 Å². The summed E-state index contributed by atoms with van der Waals surface area (Å²) in [6, 6.07) is 0.868. The molecule has 0 atom stereocenters. The van der Waals surface area contributed by atoms with Gasteiger partial charge in [-0.3, -0.25) is 4.90 Å². The number of piperazine rings is 1. The summed E-state index contributed by atoms with van der Waals surface area (Å²) in [5, 5.41) is 9.80. The summed E-state index contributed by atoms with van der Waals surface area (Å²) in [4.78, 5) is 5.28. The molecular formula is C16H30N2O2. The van der Waals surface area contributed by atoms with Gasteiger partial charge in [-0.1, -0.05) is 12.8 Å². The molecule has 0 aromatic carbocycles. The van der Waals surface area contributed by atoms with Gasteiger partial charge < -0.3 is 14.7 Å². The third-order valence-electron chi connectivity index (χ3n) is 5.70. The van der Waals surface area contributed by atoms with E-state index in [1.165, 1.54) is 51.9 Å². The van der Waals surface area contributed by atoms with Crippen molar-refractivity contribution in [3.63, 3.8) is 0 Å². The zero-order valence-electron chi connectivity index (χ0n) is 12.7. The molecule has 2 aliphatic heterocycles. The highest BCUT2D eigenvalue weighted by Crippen LogP contribution is 2.32. The molecule has 3 rings (SSSR count). The molecule has 0 unspecified atom stereocenters. The second kappa shape index (κ2) is 6.73. The lowest BCUT2D eigenvalue weighted by molar-refractivity contribution is -0.0421. The average molecular weight is 282 g/mol. The van der Waals surface area contributed by atoms with Gasteiger partial charge in [-0.25, -0.2) is 0 Å². The third-order valence-corrected chi connectivity index (χ3v) is 5.70. The van der Waals surface area contributed by atoms with Crippen LogP contribution in [-0.2, 0) is 4.74 Å². The maximum Gasteiger partial charge on any atom is 0.0501 e. The van der Waals surface area contributed by atoms with E-state index >= 15 is 0 Å². The van der Waals surface area contributed by atoms with Crippen molar-refractivity contribution in [1.82, 2.24) is 9.80 Å². The number of ether oxygens (including phenoxy) is 1. The van der Waals surface area contributed by atoms with Gasteiger partial charge in [-0.2, -0.15) is 0 Å². The standard InChI is InChI=1S/C16H30N2O2/c19-14-16(5-11-20-12-6-16)13-17-7-9-18(10-8-17)15-3-1-2-4-15/h15,19H,1-14H2. The Labute approximate surface area is 123 Å². The summed E-state index contributed by atoms with van der Waals surface area (Å²) in [7, 11) is 0. The topological polar surface area (TPSA) is 35.9 Å². The molecule has 1 aliphatic carbocycles. The molecule has 0 aromatic rings. The van der Waals surface area contributed by atoms with Gasteiger partial charge in [-0.15, -0.1) is 0 Å². The Morgan fingerprint density at radius 1 is 1.00 bits per heavy atom. The Morgan fingerprint density at radius 2 is 1.65 bits per heavy atom. The Morgan fingerprint density at radius 3 is 2.25 bits per heavy atom. The lowest BCUT2D eigenvalue weighted by Gasteiger charge is -2.44. The zero-order chi connectivity index (χ0) is 13.8. The first-order chi connectivity index (χ1) is 9.81. The van der Waals surface area contributed by atoms with Gasteiger partial charge in [-0.05, 0) is 25.7 Å².